The summed E-state index contributed by atoms with van der Waals surface area (Å²) in [7, 11) is 0. The molecule has 0 aromatic heterocycles. The summed E-state index contributed by atoms with van der Waals surface area (Å²) < 4.78 is 0. The van der Waals surface area contributed by atoms with Crippen molar-refractivity contribution in [1.82, 2.24) is 0 Å². The molecule has 4 aromatic carbocycles. The topological polar surface area (TPSA) is 92.4 Å². The number of carboxylic acid groups (broad SMARTS) is 1. The van der Waals surface area contributed by atoms with E-state index in [1.165, 1.54) is 0 Å². The van der Waals surface area contributed by atoms with Crippen molar-refractivity contribution in [3.8, 4) is 0 Å². The lowest BCUT2D eigenvalue weighted by atomic mass is 9.85. The Morgan fingerprint density at radius 1 is 0.857 bits per heavy atom. The van der Waals surface area contributed by atoms with Crippen LogP contribution >= 0.6 is 0 Å². The predicted octanol–water partition coefficient (Wildman–Crippen LogP) is 4.06. The van der Waals surface area contributed by atoms with Gasteiger partial charge in [0.2, 0.25) is 0 Å². The second-order valence-corrected chi connectivity index (χ2v) is 8.67. The van der Waals surface area contributed by atoms with Crippen LogP contribution in [0, 0.1) is 13.8 Å². The number of aromatic carboxylic acids is 1. The summed E-state index contributed by atoms with van der Waals surface area (Å²) in [5.74, 6) is 4.57. The number of carboxylic acids is 1. The molecule has 172 valence electrons. The van der Waals surface area contributed by atoms with Crippen molar-refractivity contribution < 1.29 is 14.7 Å². The van der Waals surface area contributed by atoms with Crippen LogP contribution in [0.2, 0.25) is 0 Å². The fraction of sp³-hybridized carbons (Fsp3) is 0.0667. The van der Waals surface area contributed by atoms with Gasteiger partial charge < -0.3 is 10.5 Å². The van der Waals surface area contributed by atoms with Gasteiger partial charge in [0, 0.05) is 5.69 Å². The Labute approximate surface area is 202 Å². The van der Waals surface area contributed by atoms with Gasteiger partial charge in [-0.1, -0.05) is 54.6 Å². The van der Waals surface area contributed by atoms with Gasteiger partial charge in [-0.05, 0) is 98.8 Å². The molecule has 0 bridgehead atoms. The Hall–Kier alpha value is -4.48. The highest BCUT2D eigenvalue weighted by Crippen LogP contribution is 2.32. The number of nitrogens with one attached hydrogen (secondary N) is 1. The molecule has 0 fully saturated rings. The highest BCUT2D eigenvalue weighted by molar-refractivity contribution is 6.17. The quantitative estimate of drug-likeness (QED) is 0.316. The lowest BCUT2D eigenvalue weighted by Gasteiger charge is -2.18. The molecule has 4 aromatic rings. The maximum absolute atomic E-state index is 12.2. The van der Waals surface area contributed by atoms with Gasteiger partial charge in [-0.25, -0.2) is 4.79 Å². The zero-order chi connectivity index (χ0) is 24.7. The Kier molecular flexibility index (Phi) is 5.55. The minimum Gasteiger partial charge on any atom is -0.478 e. The summed E-state index contributed by atoms with van der Waals surface area (Å²) in [6, 6.07) is 21.0. The smallest absolute Gasteiger partial charge is 0.336 e. The Balaban J connectivity index is 1.93. The molecule has 0 spiro atoms. The van der Waals surface area contributed by atoms with E-state index in [-0.39, 0.29) is 11.3 Å². The van der Waals surface area contributed by atoms with E-state index < -0.39 is 5.97 Å². The first-order valence-electron chi connectivity index (χ1n) is 11.3. The van der Waals surface area contributed by atoms with Crippen LogP contribution in [-0.4, -0.2) is 16.9 Å². The van der Waals surface area contributed by atoms with Crippen molar-refractivity contribution in [2.45, 2.75) is 13.8 Å². The van der Waals surface area contributed by atoms with Gasteiger partial charge in [0.15, 0.2) is 5.78 Å². The van der Waals surface area contributed by atoms with Crippen molar-refractivity contribution in [3.63, 3.8) is 0 Å². The third kappa shape index (κ3) is 3.82. The average molecular weight is 461 g/mol. The van der Waals surface area contributed by atoms with E-state index in [9.17, 15) is 14.7 Å². The second-order valence-electron chi connectivity index (χ2n) is 8.67. The lowest BCUT2D eigenvalue weighted by Crippen LogP contribution is -2.23. The Bertz CT molecular complexity index is 1700. The average Bonchev–Trinajstić information content (AvgIpc) is 2.86. The highest BCUT2D eigenvalue weighted by atomic mass is 16.4. The summed E-state index contributed by atoms with van der Waals surface area (Å²) in [5.41, 5.74) is 9.15. The molecule has 0 saturated heterocycles. The normalized spacial score (nSPS) is 13.3. The van der Waals surface area contributed by atoms with Crippen LogP contribution in [-0.2, 0) is 4.79 Å². The number of anilines is 1. The number of allylic oxidation sites excluding steroid dienone is 1. The van der Waals surface area contributed by atoms with Crippen molar-refractivity contribution in [2.24, 2.45) is 5.84 Å². The minimum absolute atomic E-state index is 0.0400. The van der Waals surface area contributed by atoms with Crippen LogP contribution in [0.4, 0.5) is 5.69 Å². The molecule has 0 radical (unpaired) electrons. The lowest BCUT2D eigenvalue weighted by molar-refractivity contribution is -0.109. The van der Waals surface area contributed by atoms with Crippen LogP contribution in [0.3, 0.4) is 0 Å². The first-order valence-corrected chi connectivity index (χ1v) is 11.3. The number of nitrogens with two attached hydrogens (primary N) is 1. The highest BCUT2D eigenvalue weighted by Gasteiger charge is 2.19. The number of fused-ring (bicyclic) bond motifs is 2. The SMILES string of the molecule is Cc1c2c(cc/c1=C(\c1ccccc1C(=O)O)c1ccc3cc(NN)ccc3c1C)=CC(=O)C=C2. The van der Waals surface area contributed by atoms with E-state index in [4.69, 9.17) is 5.84 Å². The molecule has 5 nitrogen and oxygen atoms in total. The number of ketones is 1. The van der Waals surface area contributed by atoms with E-state index in [1.807, 2.05) is 67.6 Å². The van der Waals surface area contributed by atoms with Crippen molar-refractivity contribution in [2.75, 3.05) is 5.43 Å². The molecule has 1 aliphatic carbocycles. The first kappa shape index (κ1) is 22.3. The number of rotatable bonds is 4. The molecule has 35 heavy (non-hydrogen) atoms. The van der Waals surface area contributed by atoms with Gasteiger partial charge in [-0.15, -0.1) is 0 Å². The summed E-state index contributed by atoms with van der Waals surface area (Å²) in [6.07, 6.45) is 5.03. The number of carbonyl (C=O) groups is 2. The summed E-state index contributed by atoms with van der Waals surface area (Å²) in [5, 5.41) is 13.9. The van der Waals surface area contributed by atoms with Crippen molar-refractivity contribution >= 4 is 45.9 Å². The molecular formula is C30H24N2O3. The molecule has 0 unspecified atom stereocenters. The molecule has 4 N–H and O–H groups in total. The molecule has 0 atom stereocenters. The number of hydrogen-bond donors (Lipinski definition) is 3. The predicted molar refractivity (Wildman–Crippen MR) is 140 cm³/mol. The zero-order valence-electron chi connectivity index (χ0n) is 19.4. The molecule has 5 rings (SSSR count). The van der Waals surface area contributed by atoms with E-state index in [1.54, 1.807) is 24.3 Å². The monoisotopic (exact) mass is 460 g/mol. The maximum Gasteiger partial charge on any atom is 0.336 e. The Morgan fingerprint density at radius 2 is 1.63 bits per heavy atom. The summed E-state index contributed by atoms with van der Waals surface area (Å²) in [4.78, 5) is 24.1. The van der Waals surface area contributed by atoms with E-state index in [0.29, 0.717) is 5.56 Å². The van der Waals surface area contributed by atoms with E-state index >= 15 is 0 Å². The molecule has 0 amide bonds. The molecule has 0 saturated carbocycles. The van der Waals surface area contributed by atoms with Gasteiger partial charge in [-0.2, -0.15) is 0 Å². The van der Waals surface area contributed by atoms with Crippen molar-refractivity contribution in [3.05, 3.63) is 117 Å². The van der Waals surface area contributed by atoms with Crippen LogP contribution in [0.15, 0.2) is 72.8 Å². The second kappa shape index (κ2) is 8.70. The van der Waals surface area contributed by atoms with Crippen LogP contribution < -0.4 is 21.7 Å². The van der Waals surface area contributed by atoms with Gasteiger partial charge in [0.25, 0.3) is 0 Å². The number of benzene rings is 4. The zero-order valence-corrected chi connectivity index (χ0v) is 19.4. The van der Waals surface area contributed by atoms with Crippen LogP contribution in [0.1, 0.15) is 38.2 Å². The van der Waals surface area contributed by atoms with Crippen molar-refractivity contribution in [1.29, 1.82) is 0 Å². The minimum atomic E-state index is -0.982. The Morgan fingerprint density at radius 3 is 2.37 bits per heavy atom. The maximum atomic E-state index is 12.2. The first-order chi connectivity index (χ1) is 16.9. The molecule has 1 aliphatic rings. The number of carbonyl (C=O) groups excluding carboxylic acids is 1. The van der Waals surface area contributed by atoms with Gasteiger partial charge >= 0.3 is 5.97 Å². The number of aryl methyl sites for hydroxylation is 1. The standard InChI is InChI=1S/C30H24N2O3/c1-17-23-13-9-21(32-31)15-19(23)7-11-25(17)29(27-5-3-4-6-28(27)30(34)35)26-12-8-20-16-22(33)10-14-24(20)18(26)2/h3-16,32H,31H2,1-2H3,(H,34,35)/b29-26+. The summed E-state index contributed by atoms with van der Waals surface area (Å²) >= 11 is 0. The van der Waals surface area contributed by atoms with Crippen LogP contribution in [0.25, 0.3) is 28.5 Å². The van der Waals surface area contributed by atoms with E-state index in [0.717, 1.165) is 54.7 Å². The molecular weight excluding hydrogens is 436 g/mol. The van der Waals surface area contributed by atoms with Crippen LogP contribution in [0.5, 0.6) is 0 Å². The number of hydrazine groups is 1. The fourth-order valence-electron chi connectivity index (χ4n) is 4.90. The van der Waals surface area contributed by atoms with Gasteiger partial charge in [0.1, 0.15) is 0 Å². The number of hydrogen-bond acceptors (Lipinski definition) is 4. The van der Waals surface area contributed by atoms with Gasteiger partial charge in [0.05, 0.1) is 5.56 Å². The third-order valence-corrected chi connectivity index (χ3v) is 6.68. The molecule has 0 aliphatic heterocycles. The van der Waals surface area contributed by atoms with Gasteiger partial charge in [-0.3, -0.25) is 10.6 Å². The molecule has 5 heteroatoms. The fourth-order valence-corrected chi connectivity index (χ4v) is 4.90. The third-order valence-electron chi connectivity index (χ3n) is 6.68. The van der Waals surface area contributed by atoms with E-state index in [2.05, 4.69) is 12.3 Å². The number of nitrogen functional groups attached to an aromatic ring is 1. The summed E-state index contributed by atoms with van der Waals surface area (Å²) in [6.45, 7) is 4.07. The molecule has 0 heterocycles. The largest absolute Gasteiger partial charge is 0.478 e.